The minimum atomic E-state index is 0.474. The van der Waals surface area contributed by atoms with E-state index < -0.39 is 0 Å². The van der Waals surface area contributed by atoms with Gasteiger partial charge in [0.15, 0.2) is 0 Å². The van der Waals surface area contributed by atoms with Crippen LogP contribution in [0.15, 0.2) is 24.3 Å². The molecule has 21 heavy (non-hydrogen) atoms. The van der Waals surface area contributed by atoms with Crippen LogP contribution in [-0.2, 0) is 13.0 Å². The van der Waals surface area contributed by atoms with Gasteiger partial charge in [-0.2, -0.15) is 0 Å². The third-order valence-electron chi connectivity index (χ3n) is 4.40. The highest BCUT2D eigenvalue weighted by molar-refractivity contribution is 7.12. The van der Waals surface area contributed by atoms with Gasteiger partial charge in [-0.15, -0.1) is 11.3 Å². The molecule has 1 aromatic heterocycles. The second-order valence-corrected chi connectivity index (χ2v) is 7.18. The summed E-state index contributed by atoms with van der Waals surface area (Å²) < 4.78 is 5.34. The maximum Gasteiger partial charge on any atom is 0.119 e. The van der Waals surface area contributed by atoms with Gasteiger partial charge in [0.2, 0.25) is 0 Å². The normalized spacial score (nSPS) is 17.6. The number of benzene rings is 1. The van der Waals surface area contributed by atoms with E-state index in [9.17, 15) is 0 Å². The molecule has 2 aromatic rings. The molecule has 1 aliphatic carbocycles. The standard InChI is InChI=1S/C18H23NOS/c1-12-9-16(21-13(12)2)11-19-18-6-4-5-14-10-15(20-3)7-8-17(14)18/h7-10,18-19H,4-6,11H2,1-3H3. The summed E-state index contributed by atoms with van der Waals surface area (Å²) in [7, 11) is 1.74. The third kappa shape index (κ3) is 3.14. The Morgan fingerprint density at radius 3 is 2.86 bits per heavy atom. The fraction of sp³-hybridized carbons (Fsp3) is 0.444. The van der Waals surface area contributed by atoms with Crippen LogP contribution in [-0.4, -0.2) is 7.11 Å². The monoisotopic (exact) mass is 301 g/mol. The van der Waals surface area contributed by atoms with Crippen molar-refractivity contribution in [3.8, 4) is 5.75 Å². The minimum absolute atomic E-state index is 0.474. The molecule has 1 atom stereocenters. The van der Waals surface area contributed by atoms with Crippen molar-refractivity contribution >= 4 is 11.3 Å². The molecule has 2 nitrogen and oxygen atoms in total. The van der Waals surface area contributed by atoms with Crippen molar-refractivity contribution in [2.24, 2.45) is 0 Å². The van der Waals surface area contributed by atoms with E-state index in [0.717, 1.165) is 12.3 Å². The van der Waals surface area contributed by atoms with Crippen molar-refractivity contribution in [1.82, 2.24) is 5.32 Å². The van der Waals surface area contributed by atoms with E-state index in [-0.39, 0.29) is 0 Å². The van der Waals surface area contributed by atoms with Crippen LogP contribution in [0.3, 0.4) is 0 Å². The van der Waals surface area contributed by atoms with E-state index in [2.05, 4.69) is 43.4 Å². The van der Waals surface area contributed by atoms with Gasteiger partial charge in [-0.25, -0.2) is 0 Å². The topological polar surface area (TPSA) is 21.3 Å². The molecule has 0 spiro atoms. The van der Waals surface area contributed by atoms with E-state index >= 15 is 0 Å². The lowest BCUT2D eigenvalue weighted by Crippen LogP contribution is -2.24. The Hall–Kier alpha value is -1.32. The SMILES string of the molecule is COc1ccc2c(c1)CCCC2NCc1cc(C)c(C)s1. The van der Waals surface area contributed by atoms with Crippen molar-refractivity contribution in [2.45, 2.75) is 45.7 Å². The van der Waals surface area contributed by atoms with Crippen LogP contribution in [0.25, 0.3) is 0 Å². The Morgan fingerprint density at radius 1 is 1.29 bits per heavy atom. The summed E-state index contributed by atoms with van der Waals surface area (Å²) in [5.74, 6) is 0.971. The molecule has 3 rings (SSSR count). The van der Waals surface area contributed by atoms with Crippen molar-refractivity contribution in [1.29, 1.82) is 0 Å². The van der Waals surface area contributed by atoms with Gasteiger partial charge in [0.25, 0.3) is 0 Å². The first-order chi connectivity index (χ1) is 10.2. The Labute approximate surface area is 131 Å². The highest BCUT2D eigenvalue weighted by atomic mass is 32.1. The first-order valence-corrected chi connectivity index (χ1v) is 8.45. The minimum Gasteiger partial charge on any atom is -0.497 e. The van der Waals surface area contributed by atoms with Crippen molar-refractivity contribution < 1.29 is 4.74 Å². The van der Waals surface area contributed by atoms with Crippen LogP contribution in [0.1, 0.15) is 45.3 Å². The smallest absolute Gasteiger partial charge is 0.119 e. The fourth-order valence-corrected chi connectivity index (χ4v) is 4.09. The van der Waals surface area contributed by atoms with Crippen LogP contribution < -0.4 is 10.1 Å². The first kappa shape index (κ1) is 14.6. The maximum atomic E-state index is 5.34. The van der Waals surface area contributed by atoms with Gasteiger partial charge < -0.3 is 10.1 Å². The van der Waals surface area contributed by atoms with Crippen LogP contribution >= 0.6 is 11.3 Å². The van der Waals surface area contributed by atoms with E-state index in [1.807, 2.05) is 11.3 Å². The predicted octanol–water partition coefficient (Wildman–Crippen LogP) is 4.54. The molecule has 3 heteroatoms. The molecule has 0 radical (unpaired) electrons. The zero-order valence-corrected chi connectivity index (χ0v) is 13.8. The number of hydrogen-bond acceptors (Lipinski definition) is 3. The molecule has 1 heterocycles. The summed E-state index contributed by atoms with van der Waals surface area (Å²) in [6, 6.07) is 9.30. The molecule has 0 amide bonds. The zero-order chi connectivity index (χ0) is 14.8. The van der Waals surface area contributed by atoms with E-state index in [1.54, 1.807) is 7.11 Å². The van der Waals surface area contributed by atoms with Crippen LogP contribution in [0, 0.1) is 13.8 Å². The summed E-state index contributed by atoms with van der Waals surface area (Å²) in [6.45, 7) is 5.36. The Kier molecular flexibility index (Phi) is 4.32. The second kappa shape index (κ2) is 6.20. The predicted molar refractivity (Wildman–Crippen MR) is 89.3 cm³/mol. The van der Waals surface area contributed by atoms with Crippen LogP contribution in [0.4, 0.5) is 0 Å². The molecule has 1 N–H and O–H groups in total. The van der Waals surface area contributed by atoms with Crippen molar-refractivity contribution in [3.05, 3.63) is 50.7 Å². The molecule has 0 saturated carbocycles. The number of thiophene rings is 1. The van der Waals surface area contributed by atoms with Gasteiger partial charge in [-0.1, -0.05) is 6.07 Å². The zero-order valence-electron chi connectivity index (χ0n) is 13.0. The lowest BCUT2D eigenvalue weighted by Gasteiger charge is -2.26. The molecule has 0 fully saturated rings. The average molecular weight is 301 g/mol. The first-order valence-electron chi connectivity index (χ1n) is 7.63. The molecule has 0 bridgehead atoms. The highest BCUT2D eigenvalue weighted by Crippen LogP contribution is 2.32. The summed E-state index contributed by atoms with van der Waals surface area (Å²) in [6.07, 6.45) is 3.64. The molecule has 1 unspecified atom stereocenters. The summed E-state index contributed by atoms with van der Waals surface area (Å²) >= 11 is 1.91. The molecular weight excluding hydrogens is 278 g/mol. The van der Waals surface area contributed by atoms with Crippen molar-refractivity contribution in [2.75, 3.05) is 7.11 Å². The number of hydrogen-bond donors (Lipinski definition) is 1. The number of ether oxygens (including phenoxy) is 1. The Morgan fingerprint density at radius 2 is 2.14 bits per heavy atom. The molecule has 0 saturated heterocycles. The number of fused-ring (bicyclic) bond motifs is 1. The van der Waals surface area contributed by atoms with Gasteiger partial charge >= 0.3 is 0 Å². The lowest BCUT2D eigenvalue weighted by molar-refractivity contribution is 0.410. The molecule has 1 aromatic carbocycles. The number of aryl methyl sites for hydroxylation is 3. The second-order valence-electron chi connectivity index (χ2n) is 5.84. The molecule has 0 aliphatic heterocycles. The quantitative estimate of drug-likeness (QED) is 0.895. The number of rotatable bonds is 4. The largest absolute Gasteiger partial charge is 0.497 e. The maximum absolute atomic E-state index is 5.34. The van der Waals surface area contributed by atoms with Gasteiger partial charge in [-0.3, -0.25) is 0 Å². The van der Waals surface area contributed by atoms with E-state index in [0.29, 0.717) is 6.04 Å². The van der Waals surface area contributed by atoms with Crippen LogP contribution in [0.5, 0.6) is 5.75 Å². The molecular formula is C18H23NOS. The Balaban J connectivity index is 1.73. The van der Waals surface area contributed by atoms with Gasteiger partial charge in [-0.05, 0) is 68.0 Å². The highest BCUT2D eigenvalue weighted by Gasteiger charge is 2.20. The lowest BCUT2D eigenvalue weighted by atomic mass is 9.87. The summed E-state index contributed by atoms with van der Waals surface area (Å²) in [5, 5.41) is 3.74. The summed E-state index contributed by atoms with van der Waals surface area (Å²) in [4.78, 5) is 2.87. The van der Waals surface area contributed by atoms with E-state index in [4.69, 9.17) is 4.74 Å². The molecule has 1 aliphatic rings. The van der Waals surface area contributed by atoms with Crippen molar-refractivity contribution in [3.63, 3.8) is 0 Å². The number of methoxy groups -OCH3 is 1. The van der Waals surface area contributed by atoms with E-state index in [1.165, 1.54) is 45.7 Å². The van der Waals surface area contributed by atoms with Gasteiger partial charge in [0.05, 0.1) is 7.11 Å². The fourth-order valence-electron chi connectivity index (χ4n) is 3.09. The average Bonchev–Trinajstić information content (AvgIpc) is 2.83. The summed E-state index contributed by atoms with van der Waals surface area (Å²) in [5.41, 5.74) is 4.30. The Bertz CT molecular complexity index is 613. The number of nitrogens with one attached hydrogen (secondary N) is 1. The third-order valence-corrected chi connectivity index (χ3v) is 5.56. The van der Waals surface area contributed by atoms with Crippen LogP contribution in [0.2, 0.25) is 0 Å². The van der Waals surface area contributed by atoms with Gasteiger partial charge in [0, 0.05) is 22.3 Å². The van der Waals surface area contributed by atoms with Gasteiger partial charge in [0.1, 0.15) is 5.75 Å². The molecule has 112 valence electrons.